The van der Waals surface area contributed by atoms with Gasteiger partial charge in [0.25, 0.3) is 0 Å². The molecule has 0 heterocycles. The lowest BCUT2D eigenvalue weighted by molar-refractivity contribution is -0.118. The van der Waals surface area contributed by atoms with E-state index in [1.807, 2.05) is 20.8 Å². The predicted octanol–water partition coefficient (Wildman–Crippen LogP) is 3.29. The van der Waals surface area contributed by atoms with Crippen LogP contribution >= 0.6 is 0 Å². The lowest BCUT2D eigenvalue weighted by Gasteiger charge is -2.21. The second kappa shape index (κ2) is 10.4. The van der Waals surface area contributed by atoms with Crippen LogP contribution in [-0.4, -0.2) is 33.4 Å². The molecule has 2 aromatic rings. The van der Waals surface area contributed by atoms with Gasteiger partial charge >= 0.3 is 0 Å². The topological polar surface area (TPSA) is 114 Å². The number of carbonyl (C=O) groups excluding carboxylic acids is 2. The molecule has 0 saturated carbocycles. The van der Waals surface area contributed by atoms with Crippen LogP contribution in [0.15, 0.2) is 47.4 Å². The Kier molecular flexibility index (Phi) is 8.18. The lowest BCUT2D eigenvalue weighted by atomic mass is 10.0. The Hall–Kier alpha value is -2.91. The van der Waals surface area contributed by atoms with Crippen LogP contribution in [0.25, 0.3) is 0 Å². The summed E-state index contributed by atoms with van der Waals surface area (Å²) in [5, 5.41) is 5.36. The maximum atomic E-state index is 12.9. The van der Waals surface area contributed by atoms with E-state index in [4.69, 9.17) is 4.74 Å². The molecular formula is C22H29N3O5S. The molecule has 2 rings (SSSR count). The van der Waals surface area contributed by atoms with Crippen LogP contribution < -0.4 is 20.1 Å². The molecule has 8 nitrogen and oxygen atoms in total. The van der Waals surface area contributed by atoms with Crippen LogP contribution in [0.5, 0.6) is 5.75 Å². The van der Waals surface area contributed by atoms with E-state index in [2.05, 4.69) is 15.4 Å². The van der Waals surface area contributed by atoms with E-state index < -0.39 is 22.0 Å². The molecule has 1 unspecified atom stereocenters. The van der Waals surface area contributed by atoms with E-state index in [1.165, 1.54) is 26.2 Å². The maximum absolute atomic E-state index is 12.9. The second-order valence-electron chi connectivity index (χ2n) is 7.70. The average molecular weight is 448 g/mol. The second-order valence-corrected chi connectivity index (χ2v) is 9.42. The highest BCUT2D eigenvalue weighted by Gasteiger charge is 2.27. The lowest BCUT2D eigenvalue weighted by Crippen LogP contribution is -2.44. The Morgan fingerprint density at radius 1 is 1.03 bits per heavy atom. The first kappa shape index (κ1) is 24.4. The molecule has 31 heavy (non-hydrogen) atoms. The van der Waals surface area contributed by atoms with Crippen molar-refractivity contribution >= 4 is 33.2 Å². The van der Waals surface area contributed by atoms with Gasteiger partial charge in [0, 0.05) is 12.6 Å². The molecule has 0 bridgehead atoms. The number of nitrogens with one attached hydrogen (secondary N) is 3. The number of rotatable bonds is 9. The van der Waals surface area contributed by atoms with E-state index in [-0.39, 0.29) is 16.7 Å². The van der Waals surface area contributed by atoms with Crippen molar-refractivity contribution < 1.29 is 22.7 Å². The fourth-order valence-electron chi connectivity index (χ4n) is 2.96. The summed E-state index contributed by atoms with van der Waals surface area (Å²) in [6, 6.07) is 10.2. The molecule has 0 radical (unpaired) electrons. The van der Waals surface area contributed by atoms with Crippen LogP contribution in [-0.2, 0) is 19.6 Å². The Morgan fingerprint density at radius 2 is 1.68 bits per heavy atom. The molecule has 0 saturated heterocycles. The summed E-state index contributed by atoms with van der Waals surface area (Å²) >= 11 is 0. The highest BCUT2D eigenvalue weighted by atomic mass is 32.2. The van der Waals surface area contributed by atoms with Crippen molar-refractivity contribution in [3.05, 3.63) is 48.0 Å². The molecule has 0 aliphatic rings. The molecule has 168 valence electrons. The van der Waals surface area contributed by atoms with Gasteiger partial charge in [0.2, 0.25) is 21.8 Å². The van der Waals surface area contributed by atoms with Crippen molar-refractivity contribution in [1.82, 2.24) is 4.72 Å². The summed E-state index contributed by atoms with van der Waals surface area (Å²) < 4.78 is 33.3. The molecule has 1 atom stereocenters. The van der Waals surface area contributed by atoms with E-state index in [0.29, 0.717) is 23.5 Å². The van der Waals surface area contributed by atoms with Crippen molar-refractivity contribution in [2.45, 2.75) is 45.1 Å². The van der Waals surface area contributed by atoms with Gasteiger partial charge < -0.3 is 15.4 Å². The average Bonchev–Trinajstić information content (AvgIpc) is 2.67. The van der Waals surface area contributed by atoms with Gasteiger partial charge in [-0.2, -0.15) is 4.72 Å². The van der Waals surface area contributed by atoms with Gasteiger partial charge in [-0.15, -0.1) is 0 Å². The maximum Gasteiger partial charge on any atom is 0.242 e. The Bertz CT molecular complexity index is 1030. The molecule has 2 aromatic carbocycles. The van der Waals surface area contributed by atoms with Crippen molar-refractivity contribution in [2.24, 2.45) is 5.92 Å². The van der Waals surface area contributed by atoms with E-state index in [1.54, 1.807) is 30.3 Å². The van der Waals surface area contributed by atoms with Gasteiger partial charge in [-0.1, -0.05) is 31.5 Å². The van der Waals surface area contributed by atoms with Gasteiger partial charge in [-0.05, 0) is 49.6 Å². The number of hydrogen-bond donors (Lipinski definition) is 3. The monoisotopic (exact) mass is 447 g/mol. The van der Waals surface area contributed by atoms with Crippen molar-refractivity contribution in [3.63, 3.8) is 0 Å². The van der Waals surface area contributed by atoms with E-state index >= 15 is 0 Å². The first-order chi connectivity index (χ1) is 14.5. The summed E-state index contributed by atoms with van der Waals surface area (Å²) in [6.45, 7) is 7.04. The molecule has 3 N–H and O–H groups in total. The van der Waals surface area contributed by atoms with Gasteiger partial charge in [0.1, 0.15) is 11.8 Å². The SMILES string of the molecule is COc1ccc(NC(=O)C(CC(C)C)NS(=O)(=O)c2ccc(C)cc2)cc1NC(C)=O. The Morgan fingerprint density at radius 3 is 2.23 bits per heavy atom. The van der Waals surface area contributed by atoms with Crippen LogP contribution in [0, 0.1) is 12.8 Å². The standard InChI is InChI=1S/C22H29N3O5S/c1-14(2)12-20(25-31(28,29)18-9-6-15(3)7-10-18)22(27)24-17-8-11-21(30-5)19(13-17)23-16(4)26/h6-11,13-14,20,25H,12H2,1-5H3,(H,23,26)(H,24,27). The van der Waals surface area contributed by atoms with E-state index in [9.17, 15) is 18.0 Å². The van der Waals surface area contributed by atoms with Gasteiger partial charge in [0.15, 0.2) is 0 Å². The molecule has 0 aliphatic heterocycles. The van der Waals surface area contributed by atoms with Gasteiger partial charge in [-0.3, -0.25) is 9.59 Å². The summed E-state index contributed by atoms with van der Waals surface area (Å²) in [5.74, 6) is -0.275. The van der Waals surface area contributed by atoms with Crippen molar-refractivity contribution in [2.75, 3.05) is 17.7 Å². The zero-order valence-corrected chi connectivity index (χ0v) is 19.2. The zero-order valence-electron chi connectivity index (χ0n) is 18.4. The number of carbonyl (C=O) groups is 2. The van der Waals surface area contributed by atoms with Crippen LogP contribution in [0.1, 0.15) is 32.8 Å². The normalized spacial score (nSPS) is 12.3. The minimum Gasteiger partial charge on any atom is -0.495 e. The predicted molar refractivity (Wildman–Crippen MR) is 121 cm³/mol. The molecule has 2 amide bonds. The Balaban J connectivity index is 2.25. The number of hydrogen-bond acceptors (Lipinski definition) is 5. The minimum absolute atomic E-state index is 0.0716. The number of benzene rings is 2. The van der Waals surface area contributed by atoms with Crippen LogP contribution in [0.3, 0.4) is 0 Å². The quantitative estimate of drug-likeness (QED) is 0.546. The third kappa shape index (κ3) is 7.08. The minimum atomic E-state index is -3.88. The van der Waals surface area contributed by atoms with Crippen LogP contribution in [0.4, 0.5) is 11.4 Å². The summed E-state index contributed by atoms with van der Waals surface area (Å²) in [5.41, 5.74) is 1.73. The summed E-state index contributed by atoms with van der Waals surface area (Å²) in [7, 11) is -2.41. The highest BCUT2D eigenvalue weighted by molar-refractivity contribution is 7.89. The molecule has 0 aliphatic carbocycles. The number of methoxy groups -OCH3 is 1. The molecule has 0 fully saturated rings. The fraction of sp³-hybridized carbons (Fsp3) is 0.364. The number of ether oxygens (including phenoxy) is 1. The molecule has 9 heteroatoms. The largest absolute Gasteiger partial charge is 0.495 e. The molecule has 0 aromatic heterocycles. The summed E-state index contributed by atoms with van der Waals surface area (Å²) in [4.78, 5) is 24.5. The number of aryl methyl sites for hydroxylation is 1. The number of sulfonamides is 1. The van der Waals surface area contributed by atoms with Gasteiger partial charge in [-0.25, -0.2) is 8.42 Å². The van der Waals surface area contributed by atoms with Crippen molar-refractivity contribution in [1.29, 1.82) is 0 Å². The summed E-state index contributed by atoms with van der Waals surface area (Å²) in [6.07, 6.45) is 0.311. The number of anilines is 2. The first-order valence-electron chi connectivity index (χ1n) is 9.87. The number of amides is 2. The molecule has 0 spiro atoms. The smallest absolute Gasteiger partial charge is 0.242 e. The first-order valence-corrected chi connectivity index (χ1v) is 11.4. The van der Waals surface area contributed by atoms with Crippen LogP contribution in [0.2, 0.25) is 0 Å². The van der Waals surface area contributed by atoms with E-state index in [0.717, 1.165) is 5.56 Å². The fourth-order valence-corrected chi connectivity index (χ4v) is 4.16. The zero-order chi connectivity index (χ0) is 23.2. The third-order valence-corrected chi connectivity index (χ3v) is 5.92. The van der Waals surface area contributed by atoms with Crippen molar-refractivity contribution in [3.8, 4) is 5.75 Å². The Labute approximate surface area is 183 Å². The highest BCUT2D eigenvalue weighted by Crippen LogP contribution is 2.28. The molecular weight excluding hydrogens is 418 g/mol. The van der Waals surface area contributed by atoms with Gasteiger partial charge in [0.05, 0.1) is 17.7 Å². The third-order valence-electron chi connectivity index (χ3n) is 4.43.